The Labute approximate surface area is 208 Å². The molecule has 0 aliphatic carbocycles. The van der Waals surface area contributed by atoms with E-state index in [1.807, 2.05) is 34.1 Å². The van der Waals surface area contributed by atoms with E-state index in [4.69, 9.17) is 21.1 Å². The van der Waals surface area contributed by atoms with Crippen molar-refractivity contribution in [1.29, 1.82) is 0 Å². The fourth-order valence-electron chi connectivity index (χ4n) is 5.36. The average Bonchev–Trinajstić information content (AvgIpc) is 2.85. The Morgan fingerprint density at radius 1 is 1.06 bits per heavy atom. The number of ether oxygens (including phenoxy) is 2. The summed E-state index contributed by atoms with van der Waals surface area (Å²) >= 11 is 6.16. The van der Waals surface area contributed by atoms with Gasteiger partial charge in [-0.2, -0.15) is 0 Å². The molecule has 2 atom stereocenters. The molecule has 1 aromatic carbocycles. The quantitative estimate of drug-likeness (QED) is 0.611. The standard InChI is InChI=1S/C26H38ClN3O4/c1-19(2)28-9-6-20(7-10-28)26(32)30-11-8-24(34-23-5-3-4-22(27)17-23)21(18-30)16-25(31)29-12-14-33-15-13-29/h3-5,17,19-21,24H,6-16,18H2,1-2H3/t21-,24-/m0/s1. The highest BCUT2D eigenvalue weighted by Gasteiger charge is 2.38. The van der Waals surface area contributed by atoms with E-state index in [9.17, 15) is 9.59 Å². The molecule has 1 aromatic rings. The number of morpholine rings is 1. The average molecular weight is 492 g/mol. The van der Waals surface area contributed by atoms with Crippen molar-refractivity contribution in [2.45, 2.75) is 51.7 Å². The molecule has 7 nitrogen and oxygen atoms in total. The Morgan fingerprint density at radius 2 is 1.79 bits per heavy atom. The molecular formula is C26H38ClN3O4. The Morgan fingerprint density at radius 3 is 2.47 bits per heavy atom. The summed E-state index contributed by atoms with van der Waals surface area (Å²) in [5.41, 5.74) is 0. The number of hydrogen-bond acceptors (Lipinski definition) is 5. The molecule has 188 valence electrons. The summed E-state index contributed by atoms with van der Waals surface area (Å²) in [6, 6.07) is 7.91. The second kappa shape index (κ2) is 11.7. The van der Waals surface area contributed by atoms with Crippen molar-refractivity contribution in [3.8, 4) is 5.75 Å². The summed E-state index contributed by atoms with van der Waals surface area (Å²) in [5.74, 6) is 1.10. The van der Waals surface area contributed by atoms with Crippen LogP contribution in [-0.2, 0) is 14.3 Å². The Kier molecular flexibility index (Phi) is 8.72. The number of halogens is 1. The molecule has 2 amide bonds. The Balaban J connectivity index is 1.42. The molecule has 0 saturated carbocycles. The maximum absolute atomic E-state index is 13.4. The highest BCUT2D eigenvalue weighted by Crippen LogP contribution is 2.30. The summed E-state index contributed by atoms with van der Waals surface area (Å²) in [7, 11) is 0. The van der Waals surface area contributed by atoms with E-state index >= 15 is 0 Å². The third kappa shape index (κ3) is 6.43. The van der Waals surface area contributed by atoms with Gasteiger partial charge in [-0.05, 0) is 58.0 Å². The van der Waals surface area contributed by atoms with Crippen LogP contribution in [0.15, 0.2) is 24.3 Å². The number of likely N-dealkylation sites (tertiary alicyclic amines) is 2. The minimum atomic E-state index is -0.129. The number of amides is 2. The van der Waals surface area contributed by atoms with Gasteiger partial charge in [0.2, 0.25) is 11.8 Å². The molecule has 3 aliphatic heterocycles. The van der Waals surface area contributed by atoms with Crippen LogP contribution < -0.4 is 4.74 Å². The Bertz CT molecular complexity index is 837. The summed E-state index contributed by atoms with van der Waals surface area (Å²) in [6.07, 6.45) is 2.78. The van der Waals surface area contributed by atoms with Crippen molar-refractivity contribution in [3.63, 3.8) is 0 Å². The molecular weight excluding hydrogens is 454 g/mol. The number of carbonyl (C=O) groups excluding carboxylic acids is 2. The minimum Gasteiger partial charge on any atom is -0.490 e. The van der Waals surface area contributed by atoms with Crippen LogP contribution >= 0.6 is 11.6 Å². The summed E-state index contributed by atoms with van der Waals surface area (Å²) in [5, 5.41) is 0.624. The van der Waals surface area contributed by atoms with E-state index in [0.717, 1.165) is 25.9 Å². The van der Waals surface area contributed by atoms with Crippen molar-refractivity contribution in [2.75, 3.05) is 52.5 Å². The lowest BCUT2D eigenvalue weighted by atomic mass is 9.88. The molecule has 3 aliphatic rings. The summed E-state index contributed by atoms with van der Waals surface area (Å²) in [6.45, 7) is 10.0. The van der Waals surface area contributed by atoms with E-state index in [1.165, 1.54) is 0 Å². The molecule has 0 aromatic heterocycles. The van der Waals surface area contributed by atoms with Crippen molar-refractivity contribution in [1.82, 2.24) is 14.7 Å². The van der Waals surface area contributed by atoms with Gasteiger partial charge in [0.1, 0.15) is 11.9 Å². The van der Waals surface area contributed by atoms with E-state index in [-0.39, 0.29) is 29.8 Å². The summed E-state index contributed by atoms with van der Waals surface area (Å²) in [4.78, 5) is 32.8. The first kappa shape index (κ1) is 25.3. The van der Waals surface area contributed by atoms with E-state index in [2.05, 4.69) is 18.7 Å². The van der Waals surface area contributed by atoms with Crippen molar-refractivity contribution in [2.24, 2.45) is 11.8 Å². The van der Waals surface area contributed by atoms with E-state index < -0.39 is 0 Å². The largest absolute Gasteiger partial charge is 0.490 e. The molecule has 8 heteroatoms. The van der Waals surface area contributed by atoms with Gasteiger partial charge in [0.05, 0.1) is 13.2 Å². The van der Waals surface area contributed by atoms with Crippen molar-refractivity contribution in [3.05, 3.63) is 29.3 Å². The monoisotopic (exact) mass is 491 g/mol. The molecule has 3 fully saturated rings. The van der Waals surface area contributed by atoms with E-state index in [0.29, 0.717) is 69.0 Å². The molecule has 3 saturated heterocycles. The van der Waals surface area contributed by atoms with Crippen LogP contribution in [0.25, 0.3) is 0 Å². The second-order valence-corrected chi connectivity index (χ2v) is 10.5. The number of carbonyl (C=O) groups is 2. The van der Waals surface area contributed by atoms with Gasteiger partial charge in [-0.3, -0.25) is 9.59 Å². The lowest BCUT2D eigenvalue weighted by Gasteiger charge is -2.42. The van der Waals surface area contributed by atoms with Crippen LogP contribution in [0, 0.1) is 11.8 Å². The van der Waals surface area contributed by atoms with Gasteiger partial charge in [-0.1, -0.05) is 17.7 Å². The van der Waals surface area contributed by atoms with Crippen LogP contribution in [0.4, 0.5) is 0 Å². The maximum Gasteiger partial charge on any atom is 0.225 e. The van der Waals surface area contributed by atoms with Crippen LogP contribution in [0.5, 0.6) is 5.75 Å². The zero-order chi connectivity index (χ0) is 24.1. The molecule has 3 heterocycles. The first-order valence-corrected chi connectivity index (χ1v) is 13.1. The Hall–Kier alpha value is -1.83. The molecule has 0 bridgehead atoms. The van der Waals surface area contributed by atoms with Gasteiger partial charge < -0.3 is 24.2 Å². The van der Waals surface area contributed by atoms with Gasteiger partial charge in [-0.15, -0.1) is 0 Å². The smallest absolute Gasteiger partial charge is 0.225 e. The number of rotatable bonds is 6. The lowest BCUT2D eigenvalue weighted by Crippen LogP contribution is -2.52. The first-order valence-electron chi connectivity index (χ1n) is 12.7. The van der Waals surface area contributed by atoms with Gasteiger partial charge in [0.15, 0.2) is 0 Å². The van der Waals surface area contributed by atoms with Crippen LogP contribution in [0.3, 0.4) is 0 Å². The molecule has 0 N–H and O–H groups in total. The van der Waals surface area contributed by atoms with Gasteiger partial charge in [0.25, 0.3) is 0 Å². The van der Waals surface area contributed by atoms with Crippen LogP contribution in [0.2, 0.25) is 5.02 Å². The van der Waals surface area contributed by atoms with Gasteiger partial charge in [-0.25, -0.2) is 0 Å². The predicted octanol–water partition coefficient (Wildman–Crippen LogP) is 3.31. The van der Waals surface area contributed by atoms with Crippen LogP contribution in [0.1, 0.15) is 39.5 Å². The van der Waals surface area contributed by atoms with Gasteiger partial charge in [0, 0.05) is 61.9 Å². The normalized spacial score (nSPS) is 24.9. The van der Waals surface area contributed by atoms with E-state index in [1.54, 1.807) is 0 Å². The number of nitrogens with zero attached hydrogens (tertiary/aromatic N) is 3. The number of piperidine rings is 2. The van der Waals surface area contributed by atoms with Gasteiger partial charge >= 0.3 is 0 Å². The topological polar surface area (TPSA) is 62.3 Å². The first-order chi connectivity index (χ1) is 16.4. The summed E-state index contributed by atoms with van der Waals surface area (Å²) < 4.78 is 11.7. The minimum absolute atomic E-state index is 0.0530. The van der Waals surface area contributed by atoms with Crippen molar-refractivity contribution >= 4 is 23.4 Å². The molecule has 34 heavy (non-hydrogen) atoms. The van der Waals surface area contributed by atoms with Crippen LogP contribution in [-0.4, -0.2) is 91.1 Å². The number of benzene rings is 1. The number of hydrogen-bond donors (Lipinski definition) is 0. The molecule has 4 rings (SSSR count). The third-order valence-corrected chi connectivity index (χ3v) is 7.70. The molecule has 0 spiro atoms. The SMILES string of the molecule is CC(C)N1CCC(C(=O)N2CC[C@H](Oc3cccc(Cl)c3)[C@@H](CC(=O)N3CCOCC3)C2)CC1. The maximum atomic E-state index is 13.4. The molecule has 0 radical (unpaired) electrons. The highest BCUT2D eigenvalue weighted by atomic mass is 35.5. The fraction of sp³-hybridized carbons (Fsp3) is 0.692. The molecule has 0 unspecified atom stereocenters. The lowest BCUT2D eigenvalue weighted by molar-refractivity contribution is -0.144. The zero-order valence-corrected chi connectivity index (χ0v) is 21.2. The highest BCUT2D eigenvalue weighted by molar-refractivity contribution is 6.30. The zero-order valence-electron chi connectivity index (χ0n) is 20.5. The van der Waals surface area contributed by atoms with Crippen molar-refractivity contribution < 1.29 is 19.1 Å². The fourth-order valence-corrected chi connectivity index (χ4v) is 5.54. The third-order valence-electron chi connectivity index (χ3n) is 7.47. The predicted molar refractivity (Wildman–Crippen MR) is 132 cm³/mol. The second-order valence-electron chi connectivity index (χ2n) is 10.0.